The highest BCUT2D eigenvalue weighted by molar-refractivity contribution is 5.97. The Morgan fingerprint density at radius 3 is 2.89 bits per heavy atom. The average Bonchev–Trinajstić information content (AvgIpc) is 3.36. The number of para-hydroxylation sites is 2. The van der Waals surface area contributed by atoms with Crippen molar-refractivity contribution in [2.45, 2.75) is 19.3 Å². The number of benzene rings is 2. The summed E-state index contributed by atoms with van der Waals surface area (Å²) in [5.41, 5.74) is 1.57. The molecule has 28 heavy (non-hydrogen) atoms. The molecule has 1 fully saturated rings. The van der Waals surface area contributed by atoms with E-state index in [4.69, 9.17) is 14.0 Å². The third-order valence-electron chi connectivity index (χ3n) is 4.70. The molecular formula is C21H21N3O4. The number of hydrogen-bond acceptors (Lipinski definition) is 6. The molecular weight excluding hydrogens is 358 g/mol. The molecule has 7 heteroatoms. The van der Waals surface area contributed by atoms with Gasteiger partial charge in [-0.05, 0) is 31.2 Å². The van der Waals surface area contributed by atoms with Gasteiger partial charge in [0, 0.05) is 18.5 Å². The Kier molecular flexibility index (Phi) is 4.97. The summed E-state index contributed by atoms with van der Waals surface area (Å²) in [6, 6.07) is 15.0. The van der Waals surface area contributed by atoms with Crippen LogP contribution in [0.2, 0.25) is 0 Å². The Balaban J connectivity index is 1.56. The van der Waals surface area contributed by atoms with Gasteiger partial charge in [-0.25, -0.2) is 0 Å². The summed E-state index contributed by atoms with van der Waals surface area (Å²) in [6.07, 6.45) is 0.320. The van der Waals surface area contributed by atoms with Crippen LogP contribution in [0.4, 0.5) is 5.69 Å². The van der Waals surface area contributed by atoms with Crippen molar-refractivity contribution in [2.75, 3.05) is 25.2 Å². The van der Waals surface area contributed by atoms with Gasteiger partial charge in [0.15, 0.2) is 0 Å². The lowest BCUT2D eigenvalue weighted by Crippen LogP contribution is -2.25. The van der Waals surface area contributed by atoms with Gasteiger partial charge in [-0.1, -0.05) is 29.4 Å². The zero-order valence-electron chi connectivity index (χ0n) is 15.8. The van der Waals surface area contributed by atoms with E-state index < -0.39 is 0 Å². The number of carbonyl (C=O) groups excluding carboxylic acids is 1. The van der Waals surface area contributed by atoms with Crippen molar-refractivity contribution in [2.24, 2.45) is 0 Å². The molecule has 0 radical (unpaired) electrons. The smallest absolute Gasteiger partial charge is 0.232 e. The van der Waals surface area contributed by atoms with Gasteiger partial charge in [0.25, 0.3) is 0 Å². The van der Waals surface area contributed by atoms with Crippen LogP contribution in [0.5, 0.6) is 11.5 Å². The van der Waals surface area contributed by atoms with E-state index in [9.17, 15) is 4.79 Å². The largest absolute Gasteiger partial charge is 0.497 e. The molecule has 1 aliphatic heterocycles. The minimum Gasteiger partial charge on any atom is -0.497 e. The van der Waals surface area contributed by atoms with Crippen LogP contribution in [0.25, 0.3) is 11.4 Å². The number of carbonyl (C=O) groups is 1. The van der Waals surface area contributed by atoms with E-state index in [2.05, 4.69) is 10.1 Å². The zero-order chi connectivity index (χ0) is 19.5. The number of aromatic nitrogens is 2. The van der Waals surface area contributed by atoms with Gasteiger partial charge >= 0.3 is 0 Å². The van der Waals surface area contributed by atoms with Gasteiger partial charge in [-0.3, -0.25) is 4.79 Å². The van der Waals surface area contributed by atoms with Gasteiger partial charge in [0.05, 0.1) is 25.3 Å². The van der Waals surface area contributed by atoms with Crippen molar-refractivity contribution in [1.82, 2.24) is 10.1 Å². The highest BCUT2D eigenvalue weighted by Gasteiger charge is 2.36. The van der Waals surface area contributed by atoms with Crippen LogP contribution in [0.15, 0.2) is 53.1 Å². The molecule has 0 bridgehead atoms. The third-order valence-corrected chi connectivity index (χ3v) is 4.70. The molecule has 0 N–H and O–H groups in total. The second kappa shape index (κ2) is 7.72. The maximum atomic E-state index is 12.6. The monoisotopic (exact) mass is 379 g/mol. The molecule has 7 nitrogen and oxygen atoms in total. The third kappa shape index (κ3) is 3.43. The second-order valence-electron chi connectivity index (χ2n) is 6.49. The lowest BCUT2D eigenvalue weighted by molar-refractivity contribution is -0.117. The number of hydrogen-bond donors (Lipinski definition) is 0. The summed E-state index contributed by atoms with van der Waals surface area (Å²) in [5.74, 6) is 2.21. The molecule has 3 aromatic rings. The Morgan fingerprint density at radius 2 is 2.07 bits per heavy atom. The first-order chi connectivity index (χ1) is 13.7. The fraction of sp³-hybridized carbons (Fsp3) is 0.286. The zero-order valence-corrected chi connectivity index (χ0v) is 15.8. The maximum absolute atomic E-state index is 12.6. The average molecular weight is 379 g/mol. The van der Waals surface area contributed by atoms with Crippen LogP contribution in [0, 0.1) is 0 Å². The number of methoxy groups -OCH3 is 1. The summed E-state index contributed by atoms with van der Waals surface area (Å²) in [5, 5.41) is 4.08. The van der Waals surface area contributed by atoms with Crippen molar-refractivity contribution in [3.63, 3.8) is 0 Å². The highest BCUT2D eigenvalue weighted by Crippen LogP contribution is 2.36. The van der Waals surface area contributed by atoms with Gasteiger partial charge < -0.3 is 18.9 Å². The molecule has 1 aliphatic rings. The molecule has 0 spiro atoms. The number of nitrogens with zero attached hydrogens (tertiary/aromatic N) is 3. The molecule has 4 rings (SSSR count). The van der Waals surface area contributed by atoms with E-state index in [1.807, 2.05) is 55.5 Å². The Hall–Kier alpha value is -3.35. The molecule has 1 atom stereocenters. The van der Waals surface area contributed by atoms with Crippen LogP contribution in [-0.4, -0.2) is 36.3 Å². The fourth-order valence-electron chi connectivity index (χ4n) is 3.34. The summed E-state index contributed by atoms with van der Waals surface area (Å²) in [6.45, 7) is 2.93. The molecule has 1 aromatic heterocycles. The minimum absolute atomic E-state index is 0.0123. The fourth-order valence-corrected chi connectivity index (χ4v) is 3.34. The first-order valence-corrected chi connectivity index (χ1v) is 9.19. The van der Waals surface area contributed by atoms with Crippen molar-refractivity contribution in [1.29, 1.82) is 0 Å². The van der Waals surface area contributed by atoms with Crippen LogP contribution in [-0.2, 0) is 4.79 Å². The summed E-state index contributed by atoms with van der Waals surface area (Å²) in [4.78, 5) is 18.9. The van der Waals surface area contributed by atoms with Gasteiger partial charge in [0.1, 0.15) is 11.5 Å². The lowest BCUT2D eigenvalue weighted by Gasteiger charge is -2.19. The standard InChI is InChI=1S/C21H21N3O4/c1-3-27-18-10-5-4-9-17(18)24-13-15(12-19(24)25)21-22-20(23-28-21)14-7-6-8-16(11-14)26-2/h4-11,15H,3,12-13H2,1-2H3. The molecule has 0 saturated carbocycles. The van der Waals surface area contributed by atoms with Crippen molar-refractivity contribution in [3.05, 3.63) is 54.4 Å². The minimum atomic E-state index is -0.158. The van der Waals surface area contributed by atoms with E-state index in [1.54, 1.807) is 12.0 Å². The van der Waals surface area contributed by atoms with Gasteiger partial charge in [-0.2, -0.15) is 4.98 Å². The highest BCUT2D eigenvalue weighted by atomic mass is 16.5. The van der Waals surface area contributed by atoms with E-state index in [0.717, 1.165) is 17.0 Å². The Labute approximate surface area is 162 Å². The SMILES string of the molecule is CCOc1ccccc1N1CC(c2nc(-c3cccc(OC)c3)no2)CC1=O. The van der Waals surface area contributed by atoms with Crippen LogP contribution in [0.1, 0.15) is 25.2 Å². The number of rotatable bonds is 6. The second-order valence-corrected chi connectivity index (χ2v) is 6.49. The molecule has 2 heterocycles. The summed E-state index contributed by atoms with van der Waals surface area (Å²) < 4.78 is 16.4. The summed E-state index contributed by atoms with van der Waals surface area (Å²) >= 11 is 0. The van der Waals surface area contributed by atoms with Crippen LogP contribution < -0.4 is 14.4 Å². The lowest BCUT2D eigenvalue weighted by atomic mass is 10.1. The van der Waals surface area contributed by atoms with Gasteiger partial charge in [-0.15, -0.1) is 0 Å². The number of amides is 1. The van der Waals surface area contributed by atoms with Crippen molar-refractivity contribution in [3.8, 4) is 22.9 Å². The first kappa shape index (κ1) is 18.0. The quantitative estimate of drug-likeness (QED) is 0.650. The molecule has 0 aliphatic carbocycles. The first-order valence-electron chi connectivity index (χ1n) is 9.19. The molecule has 1 amide bonds. The van der Waals surface area contributed by atoms with Crippen molar-refractivity contribution < 1.29 is 18.8 Å². The van der Waals surface area contributed by atoms with E-state index in [-0.39, 0.29) is 11.8 Å². The molecule has 1 saturated heterocycles. The maximum Gasteiger partial charge on any atom is 0.232 e. The number of anilines is 1. The van der Waals surface area contributed by atoms with Crippen LogP contribution >= 0.6 is 0 Å². The Bertz CT molecular complexity index is 985. The molecule has 144 valence electrons. The van der Waals surface area contributed by atoms with Crippen molar-refractivity contribution >= 4 is 11.6 Å². The molecule has 2 aromatic carbocycles. The Morgan fingerprint density at radius 1 is 1.21 bits per heavy atom. The summed E-state index contributed by atoms with van der Waals surface area (Å²) in [7, 11) is 1.61. The van der Waals surface area contributed by atoms with E-state index >= 15 is 0 Å². The van der Waals surface area contributed by atoms with Gasteiger partial charge in [0.2, 0.25) is 17.6 Å². The predicted octanol–water partition coefficient (Wildman–Crippen LogP) is 3.66. The van der Waals surface area contributed by atoms with E-state index in [1.165, 1.54) is 0 Å². The predicted molar refractivity (Wildman–Crippen MR) is 104 cm³/mol. The molecule has 1 unspecified atom stereocenters. The normalized spacial score (nSPS) is 16.4. The van der Waals surface area contributed by atoms with E-state index in [0.29, 0.717) is 37.0 Å². The van der Waals surface area contributed by atoms with Crippen LogP contribution in [0.3, 0.4) is 0 Å². The number of ether oxygens (including phenoxy) is 2. The topological polar surface area (TPSA) is 77.7 Å².